The lowest BCUT2D eigenvalue weighted by Gasteiger charge is -2.34. The molecule has 2 fully saturated rings. The summed E-state index contributed by atoms with van der Waals surface area (Å²) in [6.07, 6.45) is 5.73. The standard InChI is InChI=1S/C27H31N9O/c1-34(2)24-8-10-29-25(33-24)20-5-6-21-22(16-20)31-27(30-21)32-23-15-18(7-9-28-23)17-35-11-13-36(14-12-35)26(37)19-3-4-19/h5-10,15-16,19H,3-4,11-14,17H2,1-2H3,(H2,28,30,31,32). The molecule has 37 heavy (non-hydrogen) atoms. The lowest BCUT2D eigenvalue weighted by Crippen LogP contribution is -2.48. The number of nitrogens with one attached hydrogen (secondary N) is 2. The van der Waals surface area contributed by atoms with E-state index in [1.54, 1.807) is 6.20 Å². The minimum atomic E-state index is 0.299. The van der Waals surface area contributed by atoms with E-state index in [1.807, 2.05) is 60.4 Å². The minimum absolute atomic E-state index is 0.299. The number of carbonyl (C=O) groups is 1. The third-order valence-electron chi connectivity index (χ3n) is 6.93. The van der Waals surface area contributed by atoms with Crippen LogP contribution < -0.4 is 10.2 Å². The smallest absolute Gasteiger partial charge is 0.225 e. The Morgan fingerprint density at radius 1 is 1.03 bits per heavy atom. The summed E-state index contributed by atoms with van der Waals surface area (Å²) in [5.41, 5.74) is 3.85. The average Bonchev–Trinajstić information content (AvgIpc) is 3.68. The van der Waals surface area contributed by atoms with Crippen molar-refractivity contribution in [3.8, 4) is 11.4 Å². The van der Waals surface area contributed by atoms with Crippen LogP contribution in [0.15, 0.2) is 48.8 Å². The summed E-state index contributed by atoms with van der Waals surface area (Å²) in [5.74, 6) is 3.55. The molecule has 0 radical (unpaired) electrons. The number of carbonyl (C=O) groups excluding carboxylic acids is 1. The summed E-state index contributed by atoms with van der Waals surface area (Å²) in [5, 5.41) is 3.31. The van der Waals surface area contributed by atoms with Crippen molar-refractivity contribution in [1.29, 1.82) is 0 Å². The summed E-state index contributed by atoms with van der Waals surface area (Å²) in [4.78, 5) is 40.3. The van der Waals surface area contributed by atoms with Gasteiger partial charge in [0.25, 0.3) is 0 Å². The number of hydrogen-bond donors (Lipinski definition) is 2. The Labute approximate surface area is 215 Å². The Balaban J connectivity index is 1.12. The number of piperazine rings is 1. The van der Waals surface area contributed by atoms with Gasteiger partial charge in [-0.3, -0.25) is 9.69 Å². The van der Waals surface area contributed by atoms with E-state index < -0.39 is 0 Å². The molecule has 0 bridgehead atoms. The highest BCUT2D eigenvalue weighted by Crippen LogP contribution is 2.31. The molecule has 4 heterocycles. The number of imidazole rings is 1. The zero-order valence-corrected chi connectivity index (χ0v) is 21.2. The zero-order chi connectivity index (χ0) is 25.4. The normalized spacial score (nSPS) is 16.2. The van der Waals surface area contributed by atoms with E-state index in [2.05, 4.69) is 41.2 Å². The average molecular weight is 498 g/mol. The molecule has 6 rings (SSSR count). The Bertz CT molecular complexity index is 1420. The number of anilines is 3. The lowest BCUT2D eigenvalue weighted by atomic mass is 10.2. The van der Waals surface area contributed by atoms with E-state index in [-0.39, 0.29) is 0 Å². The van der Waals surface area contributed by atoms with Gasteiger partial charge in [0, 0.05) is 70.7 Å². The Morgan fingerprint density at radius 3 is 2.62 bits per heavy atom. The second-order valence-corrected chi connectivity index (χ2v) is 10.0. The van der Waals surface area contributed by atoms with Crippen LogP contribution in [0.5, 0.6) is 0 Å². The molecule has 3 aromatic heterocycles. The number of hydrogen-bond acceptors (Lipinski definition) is 8. The van der Waals surface area contributed by atoms with Crippen molar-refractivity contribution in [3.63, 3.8) is 0 Å². The number of aromatic nitrogens is 5. The molecule has 0 spiro atoms. The van der Waals surface area contributed by atoms with Crippen LogP contribution in [-0.4, -0.2) is 80.9 Å². The highest BCUT2D eigenvalue weighted by atomic mass is 16.2. The fourth-order valence-electron chi connectivity index (χ4n) is 4.68. The number of benzene rings is 1. The summed E-state index contributed by atoms with van der Waals surface area (Å²) in [6.45, 7) is 4.26. The first kappa shape index (κ1) is 23.4. The van der Waals surface area contributed by atoms with E-state index in [9.17, 15) is 4.79 Å². The molecule has 10 nitrogen and oxygen atoms in total. The molecular formula is C27H31N9O. The van der Waals surface area contributed by atoms with Gasteiger partial charge in [0.2, 0.25) is 11.9 Å². The Hall–Kier alpha value is -4.05. The van der Waals surface area contributed by atoms with Crippen molar-refractivity contribution in [1.82, 2.24) is 34.7 Å². The van der Waals surface area contributed by atoms with Gasteiger partial charge in [-0.15, -0.1) is 0 Å². The topological polar surface area (TPSA) is 106 Å². The van der Waals surface area contributed by atoms with E-state index in [1.165, 1.54) is 5.56 Å². The van der Waals surface area contributed by atoms with Gasteiger partial charge in [-0.1, -0.05) is 0 Å². The summed E-state index contributed by atoms with van der Waals surface area (Å²) in [7, 11) is 3.92. The molecule has 1 saturated heterocycles. The van der Waals surface area contributed by atoms with Crippen LogP contribution in [0.3, 0.4) is 0 Å². The first-order valence-corrected chi connectivity index (χ1v) is 12.8. The van der Waals surface area contributed by atoms with Crippen LogP contribution >= 0.6 is 0 Å². The molecule has 0 unspecified atom stereocenters. The molecule has 2 N–H and O–H groups in total. The maximum Gasteiger partial charge on any atom is 0.225 e. The maximum atomic E-state index is 12.3. The van der Waals surface area contributed by atoms with Gasteiger partial charge in [-0.2, -0.15) is 0 Å². The molecular weight excluding hydrogens is 466 g/mol. The predicted octanol–water partition coefficient (Wildman–Crippen LogP) is 3.28. The van der Waals surface area contributed by atoms with Gasteiger partial charge < -0.3 is 20.1 Å². The van der Waals surface area contributed by atoms with Crippen molar-refractivity contribution in [2.24, 2.45) is 5.92 Å². The van der Waals surface area contributed by atoms with Crippen molar-refractivity contribution in [2.75, 3.05) is 50.5 Å². The number of H-pyrrole nitrogens is 1. The van der Waals surface area contributed by atoms with E-state index in [0.29, 0.717) is 23.6 Å². The molecule has 0 atom stereocenters. The number of aromatic amines is 1. The Kier molecular flexibility index (Phi) is 6.17. The predicted molar refractivity (Wildman–Crippen MR) is 144 cm³/mol. The molecule has 4 aromatic rings. The monoisotopic (exact) mass is 497 g/mol. The van der Waals surface area contributed by atoms with Crippen molar-refractivity contribution in [2.45, 2.75) is 19.4 Å². The minimum Gasteiger partial charge on any atom is -0.363 e. The molecule has 1 aromatic carbocycles. The first-order valence-electron chi connectivity index (χ1n) is 12.8. The van der Waals surface area contributed by atoms with E-state index in [0.717, 1.165) is 73.8 Å². The van der Waals surface area contributed by atoms with Gasteiger partial charge in [-0.25, -0.2) is 19.9 Å². The van der Waals surface area contributed by atoms with Crippen LogP contribution in [0.1, 0.15) is 18.4 Å². The molecule has 1 amide bonds. The largest absolute Gasteiger partial charge is 0.363 e. The third kappa shape index (κ3) is 5.24. The number of rotatable bonds is 7. The summed E-state index contributed by atoms with van der Waals surface area (Å²) >= 11 is 0. The SMILES string of the molecule is CN(C)c1ccnc(-c2ccc3nc(Nc4cc(CN5CCN(C(=O)C6CC6)CC5)ccn4)[nH]c3c2)n1. The maximum absolute atomic E-state index is 12.3. The fourth-order valence-corrected chi connectivity index (χ4v) is 4.68. The molecule has 1 saturated carbocycles. The molecule has 2 aliphatic rings. The highest BCUT2D eigenvalue weighted by molar-refractivity contribution is 5.83. The van der Waals surface area contributed by atoms with Gasteiger partial charge in [0.05, 0.1) is 11.0 Å². The quantitative estimate of drug-likeness (QED) is 0.401. The summed E-state index contributed by atoms with van der Waals surface area (Å²) in [6, 6.07) is 12.0. The zero-order valence-electron chi connectivity index (χ0n) is 21.2. The van der Waals surface area contributed by atoms with Crippen molar-refractivity contribution < 1.29 is 4.79 Å². The van der Waals surface area contributed by atoms with Crippen LogP contribution in [0.4, 0.5) is 17.6 Å². The third-order valence-corrected chi connectivity index (χ3v) is 6.93. The molecule has 10 heteroatoms. The lowest BCUT2D eigenvalue weighted by molar-refractivity contribution is -0.134. The van der Waals surface area contributed by atoms with Gasteiger partial charge in [0.1, 0.15) is 11.6 Å². The molecule has 1 aliphatic carbocycles. The van der Waals surface area contributed by atoms with Crippen LogP contribution in [0.25, 0.3) is 22.4 Å². The van der Waals surface area contributed by atoms with Crippen LogP contribution in [0.2, 0.25) is 0 Å². The molecule has 1 aliphatic heterocycles. The Morgan fingerprint density at radius 2 is 1.84 bits per heavy atom. The first-order chi connectivity index (χ1) is 18.0. The van der Waals surface area contributed by atoms with Crippen molar-refractivity contribution >= 4 is 34.5 Å². The van der Waals surface area contributed by atoms with Crippen LogP contribution in [0, 0.1) is 5.92 Å². The van der Waals surface area contributed by atoms with Gasteiger partial charge in [0.15, 0.2) is 5.82 Å². The number of nitrogens with zero attached hydrogens (tertiary/aromatic N) is 7. The van der Waals surface area contributed by atoms with E-state index >= 15 is 0 Å². The van der Waals surface area contributed by atoms with E-state index in [4.69, 9.17) is 0 Å². The fraction of sp³-hybridized carbons (Fsp3) is 0.370. The number of amides is 1. The highest BCUT2D eigenvalue weighted by Gasteiger charge is 2.34. The second kappa shape index (κ2) is 9.78. The van der Waals surface area contributed by atoms with Crippen molar-refractivity contribution in [3.05, 3.63) is 54.4 Å². The van der Waals surface area contributed by atoms with Gasteiger partial charge >= 0.3 is 0 Å². The summed E-state index contributed by atoms with van der Waals surface area (Å²) < 4.78 is 0. The van der Waals surface area contributed by atoms with Gasteiger partial charge in [-0.05, 0) is 54.8 Å². The molecule has 190 valence electrons. The second-order valence-electron chi connectivity index (χ2n) is 10.0. The number of fused-ring (bicyclic) bond motifs is 1. The number of pyridine rings is 1. The van der Waals surface area contributed by atoms with Crippen LogP contribution in [-0.2, 0) is 11.3 Å².